The first-order chi connectivity index (χ1) is 18.4. The quantitative estimate of drug-likeness (QED) is 0.181. The third-order valence-electron chi connectivity index (χ3n) is 7.78. The van der Waals surface area contributed by atoms with Crippen LogP contribution < -0.4 is 0 Å². The normalized spacial score (nSPS) is 29.6. The molecule has 3 aliphatic heterocycles. The van der Waals surface area contributed by atoms with Crippen LogP contribution in [0.3, 0.4) is 0 Å². The van der Waals surface area contributed by atoms with Gasteiger partial charge >= 0.3 is 5.97 Å². The number of carbonyl (C=O) groups excluding carboxylic acids is 3. The van der Waals surface area contributed by atoms with Crippen LogP contribution >= 0.6 is 15.9 Å². The van der Waals surface area contributed by atoms with Crippen LogP contribution in [-0.4, -0.2) is 96.6 Å². The summed E-state index contributed by atoms with van der Waals surface area (Å²) in [6.45, 7) is 6.29. The fourth-order valence-electron chi connectivity index (χ4n) is 6.28. The summed E-state index contributed by atoms with van der Waals surface area (Å²) >= 11 is 3.65. The number of likely N-dealkylation sites (tertiary alicyclic amines) is 1. The van der Waals surface area contributed by atoms with Crippen molar-refractivity contribution in [3.8, 4) is 0 Å². The number of hydrogen-bond donors (Lipinski definition) is 1. The topological polar surface area (TPSA) is 127 Å². The fourth-order valence-corrected chi connectivity index (χ4v) is 7.22. The maximum Gasteiger partial charge on any atom is 0.312 e. The number of nitrogens with zero attached hydrogens (tertiary/aromatic N) is 5. The zero-order valence-electron chi connectivity index (χ0n) is 21.2. The molecule has 0 radical (unpaired) electrons. The van der Waals surface area contributed by atoms with Crippen molar-refractivity contribution in [1.82, 2.24) is 24.8 Å². The summed E-state index contributed by atoms with van der Waals surface area (Å²) < 4.78 is 13.5. The first-order valence-electron chi connectivity index (χ1n) is 13.0. The Balaban J connectivity index is 1.52. The van der Waals surface area contributed by atoms with Gasteiger partial charge in [0.2, 0.25) is 11.8 Å². The molecule has 3 fully saturated rings. The van der Waals surface area contributed by atoms with E-state index >= 15 is 0 Å². The Morgan fingerprint density at radius 3 is 2.89 bits per heavy atom. The molecule has 204 valence electrons. The van der Waals surface area contributed by atoms with Crippen molar-refractivity contribution < 1.29 is 29.0 Å². The van der Waals surface area contributed by atoms with E-state index < -0.39 is 35.6 Å². The van der Waals surface area contributed by atoms with Gasteiger partial charge in [0.25, 0.3) is 0 Å². The fraction of sp³-hybridized carbons (Fsp3) is 0.577. The van der Waals surface area contributed by atoms with E-state index in [9.17, 15) is 19.5 Å². The van der Waals surface area contributed by atoms with Crippen LogP contribution in [0.25, 0.3) is 11.0 Å². The van der Waals surface area contributed by atoms with Gasteiger partial charge in [0.05, 0.1) is 30.1 Å². The van der Waals surface area contributed by atoms with Crippen LogP contribution in [0.2, 0.25) is 0 Å². The maximum absolute atomic E-state index is 14.4. The lowest BCUT2D eigenvalue weighted by Gasteiger charge is -2.37. The van der Waals surface area contributed by atoms with E-state index in [1.807, 2.05) is 24.3 Å². The molecule has 12 heteroatoms. The van der Waals surface area contributed by atoms with Gasteiger partial charge in [-0.25, -0.2) is 4.68 Å². The average molecular weight is 590 g/mol. The Kier molecular flexibility index (Phi) is 7.56. The maximum atomic E-state index is 14.4. The van der Waals surface area contributed by atoms with Crippen molar-refractivity contribution in [2.75, 3.05) is 26.3 Å². The van der Waals surface area contributed by atoms with Crippen LogP contribution in [0.1, 0.15) is 26.2 Å². The number of aliphatic hydroxyl groups is 1. The van der Waals surface area contributed by atoms with Crippen molar-refractivity contribution in [1.29, 1.82) is 0 Å². The summed E-state index contributed by atoms with van der Waals surface area (Å²) in [5.74, 6) is -2.70. The van der Waals surface area contributed by atoms with E-state index in [0.717, 1.165) is 5.52 Å². The number of unbranched alkanes of at least 4 members (excludes halogenated alkanes) is 1. The van der Waals surface area contributed by atoms with Gasteiger partial charge in [-0.2, -0.15) is 0 Å². The third-order valence-corrected chi connectivity index (χ3v) is 8.62. The first-order valence-corrected chi connectivity index (χ1v) is 13.9. The minimum absolute atomic E-state index is 0.0231. The minimum Gasteiger partial charge on any atom is -0.466 e. The molecule has 2 bridgehead atoms. The zero-order chi connectivity index (χ0) is 27.0. The lowest BCUT2D eigenvalue weighted by atomic mass is 9.70. The summed E-state index contributed by atoms with van der Waals surface area (Å²) in [6, 6.07) is 6.52. The smallest absolute Gasteiger partial charge is 0.312 e. The molecule has 1 aromatic carbocycles. The van der Waals surface area contributed by atoms with Crippen molar-refractivity contribution in [2.24, 2.45) is 11.8 Å². The number of fused-ring (bicyclic) bond motifs is 2. The van der Waals surface area contributed by atoms with Crippen molar-refractivity contribution in [3.63, 3.8) is 0 Å². The van der Waals surface area contributed by atoms with Crippen LogP contribution in [0, 0.1) is 11.8 Å². The minimum atomic E-state index is -1.17. The Morgan fingerprint density at radius 1 is 1.37 bits per heavy atom. The monoisotopic (exact) mass is 589 g/mol. The van der Waals surface area contributed by atoms with Gasteiger partial charge in [-0.3, -0.25) is 14.4 Å². The molecule has 3 saturated heterocycles. The van der Waals surface area contributed by atoms with Gasteiger partial charge in [-0.15, -0.1) is 11.7 Å². The number of aromatic nitrogens is 3. The van der Waals surface area contributed by atoms with E-state index in [2.05, 4.69) is 32.8 Å². The van der Waals surface area contributed by atoms with E-state index in [4.69, 9.17) is 9.47 Å². The molecule has 11 nitrogen and oxygen atoms in total. The lowest BCUT2D eigenvalue weighted by molar-refractivity contribution is -0.155. The summed E-state index contributed by atoms with van der Waals surface area (Å²) in [5, 5.41) is 17.8. The van der Waals surface area contributed by atoms with Crippen LogP contribution in [0.4, 0.5) is 0 Å². The van der Waals surface area contributed by atoms with Gasteiger partial charge in [0, 0.05) is 24.5 Å². The Hall–Kier alpha value is -2.83. The van der Waals surface area contributed by atoms with Crippen molar-refractivity contribution >= 4 is 44.7 Å². The molecule has 0 aliphatic carbocycles. The van der Waals surface area contributed by atoms with Gasteiger partial charge < -0.3 is 24.4 Å². The number of ether oxygens (including phenoxy) is 2. The molecule has 2 aromatic rings. The SMILES string of the molecule is C=CCN(Cn1nnc2ccccc21)C(=O)[C@H]1N(CCCCO)C(=O)[C@@H]2[C@@H](C(=O)OCC)[C@@H]3O[C@@]21CC3Br. The van der Waals surface area contributed by atoms with Crippen LogP contribution in [0.15, 0.2) is 36.9 Å². The number of carbonyl (C=O) groups is 3. The molecular formula is C26H32BrN5O6. The van der Waals surface area contributed by atoms with Crippen molar-refractivity contribution in [3.05, 3.63) is 36.9 Å². The lowest BCUT2D eigenvalue weighted by Crippen LogP contribution is -2.57. The summed E-state index contributed by atoms with van der Waals surface area (Å²) in [7, 11) is 0. The molecule has 6 atom stereocenters. The second kappa shape index (κ2) is 10.7. The highest BCUT2D eigenvalue weighted by molar-refractivity contribution is 9.09. The van der Waals surface area contributed by atoms with Gasteiger partial charge in [0.15, 0.2) is 0 Å². The molecule has 1 N–H and O–H groups in total. The predicted molar refractivity (Wildman–Crippen MR) is 140 cm³/mol. The third kappa shape index (κ3) is 4.22. The molecule has 2 amide bonds. The molecule has 5 rings (SSSR count). The van der Waals surface area contributed by atoms with Gasteiger partial charge in [-0.05, 0) is 38.3 Å². The van der Waals surface area contributed by atoms with Gasteiger partial charge in [0.1, 0.15) is 23.8 Å². The first kappa shape index (κ1) is 26.8. The van der Waals surface area contributed by atoms with E-state index in [0.29, 0.717) is 24.8 Å². The van der Waals surface area contributed by atoms with Crippen molar-refractivity contribution in [2.45, 2.75) is 55.4 Å². The summed E-state index contributed by atoms with van der Waals surface area (Å²) in [5.41, 5.74) is 0.303. The summed E-state index contributed by atoms with van der Waals surface area (Å²) in [6.07, 6.45) is 2.46. The number of benzene rings is 1. The number of esters is 1. The Bertz CT molecular complexity index is 1240. The van der Waals surface area contributed by atoms with E-state index in [1.165, 1.54) is 0 Å². The molecule has 1 spiro atoms. The van der Waals surface area contributed by atoms with Crippen LogP contribution in [-0.2, 0) is 30.5 Å². The summed E-state index contributed by atoms with van der Waals surface area (Å²) in [4.78, 5) is 44.3. The Morgan fingerprint density at radius 2 is 2.16 bits per heavy atom. The molecule has 4 heterocycles. The number of halogens is 1. The molecule has 0 saturated carbocycles. The molecule has 1 aromatic heterocycles. The zero-order valence-corrected chi connectivity index (χ0v) is 22.8. The number of alkyl halides is 1. The number of amides is 2. The highest BCUT2D eigenvalue weighted by Gasteiger charge is 2.77. The average Bonchev–Trinajstić information content (AvgIpc) is 3.61. The second-order valence-corrected chi connectivity index (χ2v) is 11.1. The standard InChI is InChI=1S/C26H32BrN5O6/c1-3-11-30(15-32-18-10-6-5-9-17(18)28-29-32)24(35)22-26-14-16(27)21(38-26)19(25(36)37-4-2)20(26)23(34)31(22)12-7-8-13-33/h3,5-6,9-10,16,19-22,33H,1,4,7-8,11-15H2,2H3/t16?,19-,20+,21-,22-,26+/m1/s1. The predicted octanol–water partition coefficient (Wildman–Crippen LogP) is 1.49. The number of para-hydroxylation sites is 1. The van der Waals surface area contributed by atoms with E-state index in [1.54, 1.807) is 27.5 Å². The Labute approximate surface area is 228 Å². The van der Waals surface area contributed by atoms with Gasteiger partial charge in [-0.1, -0.05) is 39.4 Å². The molecule has 1 unspecified atom stereocenters. The highest BCUT2D eigenvalue weighted by Crippen LogP contribution is 2.60. The largest absolute Gasteiger partial charge is 0.466 e. The number of aliphatic hydroxyl groups excluding tert-OH is 1. The highest BCUT2D eigenvalue weighted by atomic mass is 79.9. The molecule has 38 heavy (non-hydrogen) atoms. The second-order valence-electron chi connectivity index (χ2n) is 9.95. The number of rotatable bonds is 11. The van der Waals surface area contributed by atoms with Crippen LogP contribution in [0.5, 0.6) is 0 Å². The molecular weight excluding hydrogens is 558 g/mol. The molecule has 3 aliphatic rings. The number of hydrogen-bond acceptors (Lipinski definition) is 8. The van der Waals surface area contributed by atoms with E-state index in [-0.39, 0.29) is 49.6 Å².